The van der Waals surface area contributed by atoms with Gasteiger partial charge in [0.1, 0.15) is 18.2 Å². The second kappa shape index (κ2) is 6.37. The summed E-state index contributed by atoms with van der Waals surface area (Å²) >= 11 is 3.13. The molecule has 1 rings (SSSR count). The maximum Gasteiger partial charge on any atom is 0.192 e. The summed E-state index contributed by atoms with van der Waals surface area (Å²) in [5.41, 5.74) is 0. The molecule has 5 heteroatoms. The van der Waals surface area contributed by atoms with Crippen molar-refractivity contribution in [2.75, 3.05) is 13.2 Å². The van der Waals surface area contributed by atoms with Gasteiger partial charge in [-0.3, -0.25) is 0 Å². The van der Waals surface area contributed by atoms with Crippen LogP contribution in [-0.4, -0.2) is 21.5 Å². The van der Waals surface area contributed by atoms with E-state index in [0.717, 1.165) is 0 Å². The lowest BCUT2D eigenvalue weighted by atomic mass is 10.2. The maximum atomic E-state index is 13.1. The van der Waals surface area contributed by atoms with Crippen molar-refractivity contribution in [1.82, 2.24) is 0 Å². The molecule has 0 heterocycles. The Morgan fingerprint density at radius 2 is 1.84 bits per heavy atom. The zero-order valence-corrected chi connectivity index (χ0v) is 14.8. The topological polar surface area (TPSA) is 18.5 Å². The van der Waals surface area contributed by atoms with Gasteiger partial charge in [-0.05, 0) is 52.3 Å². The van der Waals surface area contributed by atoms with Gasteiger partial charge in [0.25, 0.3) is 0 Å². The molecule has 0 atom stereocenters. The third-order valence-electron chi connectivity index (χ3n) is 3.51. The Labute approximate surface area is 124 Å². The zero-order valence-electron chi connectivity index (χ0n) is 12.2. The number of hydrogen-bond acceptors (Lipinski definition) is 2. The van der Waals surface area contributed by atoms with E-state index in [4.69, 9.17) is 9.16 Å². The molecule has 0 radical (unpaired) electrons. The average Bonchev–Trinajstić information content (AvgIpc) is 2.27. The van der Waals surface area contributed by atoms with Crippen LogP contribution in [0.15, 0.2) is 22.7 Å². The normalized spacial score (nSPS) is 12.6. The van der Waals surface area contributed by atoms with Crippen molar-refractivity contribution < 1.29 is 13.6 Å². The third kappa shape index (κ3) is 4.89. The first-order valence-electron chi connectivity index (χ1n) is 6.35. The summed E-state index contributed by atoms with van der Waals surface area (Å²) in [5.74, 6) is 0.358. The van der Waals surface area contributed by atoms with Crippen LogP contribution in [0.5, 0.6) is 5.75 Å². The van der Waals surface area contributed by atoms with Crippen molar-refractivity contribution in [2.45, 2.75) is 38.9 Å². The lowest BCUT2D eigenvalue weighted by Crippen LogP contribution is -2.41. The Hall–Kier alpha value is -0.393. The molecule has 0 aliphatic carbocycles. The fourth-order valence-electron chi connectivity index (χ4n) is 1.24. The Bertz CT molecular complexity index is 430. The molecule has 0 aliphatic rings. The number of ether oxygens (including phenoxy) is 1. The van der Waals surface area contributed by atoms with Gasteiger partial charge in [-0.1, -0.05) is 20.8 Å². The highest BCUT2D eigenvalue weighted by Crippen LogP contribution is 2.36. The van der Waals surface area contributed by atoms with Crippen LogP contribution in [0, 0.1) is 5.82 Å². The molecule has 0 unspecified atom stereocenters. The van der Waals surface area contributed by atoms with E-state index in [-0.39, 0.29) is 10.9 Å². The van der Waals surface area contributed by atoms with Crippen molar-refractivity contribution in [1.29, 1.82) is 0 Å². The zero-order chi connectivity index (χ0) is 14.7. The van der Waals surface area contributed by atoms with Gasteiger partial charge in [0, 0.05) is 0 Å². The highest BCUT2D eigenvalue weighted by Gasteiger charge is 2.36. The van der Waals surface area contributed by atoms with Crippen molar-refractivity contribution in [3.8, 4) is 5.75 Å². The fourth-order valence-corrected chi connectivity index (χ4v) is 2.62. The summed E-state index contributed by atoms with van der Waals surface area (Å²) < 4.78 is 25.0. The molecule has 0 bridgehead atoms. The van der Waals surface area contributed by atoms with Crippen LogP contribution in [0.3, 0.4) is 0 Å². The molecule has 0 spiro atoms. The summed E-state index contributed by atoms with van der Waals surface area (Å²) in [6, 6.07) is 4.63. The predicted octanol–water partition coefficient (Wildman–Crippen LogP) is 4.99. The Kier molecular flexibility index (Phi) is 5.59. The number of hydrogen-bond donors (Lipinski definition) is 0. The first-order chi connectivity index (χ1) is 8.63. The van der Waals surface area contributed by atoms with Crippen LogP contribution in [0.1, 0.15) is 20.8 Å². The monoisotopic (exact) mass is 348 g/mol. The van der Waals surface area contributed by atoms with Gasteiger partial charge in [-0.2, -0.15) is 0 Å². The first kappa shape index (κ1) is 16.7. The van der Waals surface area contributed by atoms with Crippen LogP contribution < -0.4 is 4.74 Å². The van der Waals surface area contributed by atoms with E-state index < -0.39 is 8.32 Å². The van der Waals surface area contributed by atoms with Crippen molar-refractivity contribution >= 4 is 24.2 Å². The van der Waals surface area contributed by atoms with Gasteiger partial charge in [-0.15, -0.1) is 0 Å². The van der Waals surface area contributed by atoms with Crippen molar-refractivity contribution in [3.63, 3.8) is 0 Å². The summed E-state index contributed by atoms with van der Waals surface area (Å²) in [5, 5.41) is 0.200. The standard InChI is InChI=1S/C14H22BrFO2Si/c1-14(2,3)19(4,5)18-9-8-17-11-6-7-13(16)12(15)10-11/h6-7,10H,8-9H2,1-5H3. The largest absolute Gasteiger partial charge is 0.491 e. The van der Waals surface area contributed by atoms with E-state index in [1.807, 2.05) is 0 Å². The Balaban J connectivity index is 2.41. The molecule has 2 nitrogen and oxygen atoms in total. The molecule has 1 aromatic rings. The highest BCUT2D eigenvalue weighted by molar-refractivity contribution is 9.10. The molecule has 0 fully saturated rings. The number of rotatable bonds is 5. The summed E-state index contributed by atoms with van der Waals surface area (Å²) in [7, 11) is -1.71. The maximum absolute atomic E-state index is 13.1. The van der Waals surface area contributed by atoms with Gasteiger partial charge < -0.3 is 9.16 Å². The number of benzene rings is 1. The smallest absolute Gasteiger partial charge is 0.192 e. The molecule has 108 valence electrons. The van der Waals surface area contributed by atoms with E-state index in [1.54, 1.807) is 12.1 Å². The third-order valence-corrected chi connectivity index (χ3v) is 8.66. The Morgan fingerprint density at radius 1 is 1.21 bits per heavy atom. The quantitative estimate of drug-likeness (QED) is 0.551. The summed E-state index contributed by atoms with van der Waals surface area (Å²) in [6.07, 6.45) is 0. The van der Waals surface area contributed by atoms with Crippen molar-refractivity contribution in [3.05, 3.63) is 28.5 Å². The average molecular weight is 349 g/mol. The molecule has 0 N–H and O–H groups in total. The molecular formula is C14H22BrFO2Si. The van der Waals surface area contributed by atoms with Gasteiger partial charge in [-0.25, -0.2) is 4.39 Å². The lowest BCUT2D eigenvalue weighted by Gasteiger charge is -2.36. The van der Waals surface area contributed by atoms with Gasteiger partial charge in [0.2, 0.25) is 0 Å². The molecular weight excluding hydrogens is 327 g/mol. The molecule has 0 aliphatic heterocycles. The number of halogens is 2. The minimum atomic E-state index is -1.71. The molecule has 0 aromatic heterocycles. The van der Waals surface area contributed by atoms with E-state index in [1.165, 1.54) is 6.07 Å². The minimum Gasteiger partial charge on any atom is -0.491 e. The molecule has 0 amide bonds. The minimum absolute atomic E-state index is 0.200. The van der Waals surface area contributed by atoms with E-state index >= 15 is 0 Å². The fraction of sp³-hybridized carbons (Fsp3) is 0.571. The van der Waals surface area contributed by atoms with Crippen LogP contribution in [0.4, 0.5) is 4.39 Å². The second-order valence-electron chi connectivity index (χ2n) is 6.03. The van der Waals surface area contributed by atoms with Gasteiger partial charge >= 0.3 is 0 Å². The Morgan fingerprint density at radius 3 is 2.37 bits per heavy atom. The van der Waals surface area contributed by atoms with Crippen LogP contribution >= 0.6 is 15.9 Å². The molecule has 0 saturated heterocycles. The van der Waals surface area contributed by atoms with Gasteiger partial charge in [0.05, 0.1) is 11.1 Å². The molecule has 1 aromatic carbocycles. The first-order valence-corrected chi connectivity index (χ1v) is 10.1. The van der Waals surface area contributed by atoms with Crippen LogP contribution in [0.25, 0.3) is 0 Å². The summed E-state index contributed by atoms with van der Waals surface area (Å²) in [4.78, 5) is 0. The van der Waals surface area contributed by atoms with E-state index in [2.05, 4.69) is 49.8 Å². The van der Waals surface area contributed by atoms with E-state index in [9.17, 15) is 4.39 Å². The predicted molar refractivity (Wildman–Crippen MR) is 82.7 cm³/mol. The van der Waals surface area contributed by atoms with Crippen LogP contribution in [0.2, 0.25) is 18.1 Å². The SMILES string of the molecule is CC(C)(C)[Si](C)(C)OCCOc1ccc(F)c(Br)c1. The van der Waals surface area contributed by atoms with Crippen LogP contribution in [-0.2, 0) is 4.43 Å². The lowest BCUT2D eigenvalue weighted by molar-refractivity contribution is 0.203. The van der Waals surface area contributed by atoms with Crippen molar-refractivity contribution in [2.24, 2.45) is 0 Å². The second-order valence-corrected chi connectivity index (χ2v) is 11.7. The van der Waals surface area contributed by atoms with E-state index in [0.29, 0.717) is 23.4 Å². The molecule has 0 saturated carbocycles. The van der Waals surface area contributed by atoms with Gasteiger partial charge in [0.15, 0.2) is 8.32 Å². The highest BCUT2D eigenvalue weighted by atomic mass is 79.9. The molecule has 19 heavy (non-hydrogen) atoms. The summed E-state index contributed by atoms with van der Waals surface area (Å²) in [6.45, 7) is 12.1.